The molecule has 0 spiro atoms. The lowest BCUT2D eigenvalue weighted by Gasteiger charge is -2.40. The maximum absolute atomic E-state index is 5.94. The lowest BCUT2D eigenvalue weighted by atomic mass is 9.82. The van der Waals surface area contributed by atoms with Gasteiger partial charge in [-0.15, -0.1) is 0 Å². The molecule has 2 nitrogen and oxygen atoms in total. The van der Waals surface area contributed by atoms with Crippen LogP contribution in [-0.2, 0) is 6.42 Å². The third-order valence-corrected chi connectivity index (χ3v) is 4.67. The second-order valence-electron chi connectivity index (χ2n) is 6.34. The van der Waals surface area contributed by atoms with Gasteiger partial charge in [-0.25, -0.2) is 0 Å². The van der Waals surface area contributed by atoms with Crippen LogP contribution in [-0.4, -0.2) is 30.1 Å². The number of rotatable bonds is 5. The molecule has 1 atom stereocenters. The molecule has 1 aromatic carbocycles. The fourth-order valence-electron chi connectivity index (χ4n) is 3.24. The maximum atomic E-state index is 5.94. The standard InChI is InChI=1S/C17H28N2/c1-4-19(17(2,3)13-18)12-15-10-7-9-14-8-5-6-11-16(14)15/h5-6,8,11,15H,4,7,9-10,12-13,18H2,1-3H3. The molecule has 1 aliphatic carbocycles. The highest BCUT2D eigenvalue weighted by Crippen LogP contribution is 2.33. The maximum Gasteiger partial charge on any atom is 0.0275 e. The zero-order chi connectivity index (χ0) is 13.9. The first-order valence-corrected chi connectivity index (χ1v) is 7.61. The van der Waals surface area contributed by atoms with Gasteiger partial charge in [-0.1, -0.05) is 31.2 Å². The number of aryl methyl sites for hydroxylation is 1. The quantitative estimate of drug-likeness (QED) is 0.881. The van der Waals surface area contributed by atoms with Crippen LogP contribution in [0.25, 0.3) is 0 Å². The molecule has 2 N–H and O–H groups in total. The molecule has 0 saturated heterocycles. The molecule has 0 fully saturated rings. The minimum absolute atomic E-state index is 0.0984. The highest BCUT2D eigenvalue weighted by molar-refractivity contribution is 5.32. The van der Waals surface area contributed by atoms with Crippen molar-refractivity contribution in [2.24, 2.45) is 5.73 Å². The number of hydrogen-bond acceptors (Lipinski definition) is 2. The third kappa shape index (κ3) is 3.18. The van der Waals surface area contributed by atoms with E-state index in [1.54, 1.807) is 11.1 Å². The van der Waals surface area contributed by atoms with Crippen molar-refractivity contribution < 1.29 is 0 Å². The van der Waals surface area contributed by atoms with E-state index >= 15 is 0 Å². The van der Waals surface area contributed by atoms with Crippen molar-refractivity contribution in [2.75, 3.05) is 19.6 Å². The molecular weight excluding hydrogens is 232 g/mol. The molecule has 0 radical (unpaired) electrons. The number of likely N-dealkylation sites (N-methyl/N-ethyl adjacent to an activating group) is 1. The summed E-state index contributed by atoms with van der Waals surface area (Å²) in [5.41, 5.74) is 9.16. The van der Waals surface area contributed by atoms with Crippen LogP contribution in [0, 0.1) is 0 Å². The summed E-state index contributed by atoms with van der Waals surface area (Å²) in [5, 5.41) is 0. The zero-order valence-corrected chi connectivity index (χ0v) is 12.7. The van der Waals surface area contributed by atoms with Gasteiger partial charge in [-0.3, -0.25) is 4.90 Å². The van der Waals surface area contributed by atoms with Crippen molar-refractivity contribution in [1.82, 2.24) is 4.90 Å². The van der Waals surface area contributed by atoms with Crippen LogP contribution in [0.15, 0.2) is 24.3 Å². The first-order valence-electron chi connectivity index (χ1n) is 7.61. The number of nitrogens with zero attached hydrogens (tertiary/aromatic N) is 1. The lowest BCUT2D eigenvalue weighted by molar-refractivity contribution is 0.122. The van der Waals surface area contributed by atoms with Crippen LogP contribution in [0.2, 0.25) is 0 Å². The summed E-state index contributed by atoms with van der Waals surface area (Å²) in [6.45, 7) is 9.68. The molecule has 0 aliphatic heterocycles. The predicted molar refractivity (Wildman–Crippen MR) is 82.5 cm³/mol. The highest BCUT2D eigenvalue weighted by atomic mass is 15.2. The Labute approximate surface area is 118 Å². The summed E-state index contributed by atoms with van der Waals surface area (Å²) in [5.74, 6) is 0.677. The first-order chi connectivity index (χ1) is 9.08. The van der Waals surface area contributed by atoms with Gasteiger partial charge in [0.2, 0.25) is 0 Å². The minimum atomic E-state index is 0.0984. The molecule has 0 saturated carbocycles. The second kappa shape index (κ2) is 6.06. The van der Waals surface area contributed by atoms with Gasteiger partial charge in [-0.05, 0) is 56.7 Å². The van der Waals surface area contributed by atoms with Gasteiger partial charge in [0.25, 0.3) is 0 Å². The second-order valence-corrected chi connectivity index (χ2v) is 6.34. The van der Waals surface area contributed by atoms with Gasteiger partial charge in [0, 0.05) is 18.6 Å². The fraction of sp³-hybridized carbons (Fsp3) is 0.647. The Morgan fingerprint density at radius 1 is 1.32 bits per heavy atom. The highest BCUT2D eigenvalue weighted by Gasteiger charge is 2.28. The van der Waals surface area contributed by atoms with Crippen LogP contribution in [0.3, 0.4) is 0 Å². The fourth-order valence-corrected chi connectivity index (χ4v) is 3.24. The van der Waals surface area contributed by atoms with E-state index in [0.29, 0.717) is 5.92 Å². The van der Waals surface area contributed by atoms with Gasteiger partial charge in [0.1, 0.15) is 0 Å². The van der Waals surface area contributed by atoms with E-state index in [4.69, 9.17) is 5.73 Å². The Hall–Kier alpha value is -0.860. The summed E-state index contributed by atoms with van der Waals surface area (Å²) in [6, 6.07) is 8.97. The lowest BCUT2D eigenvalue weighted by Crippen LogP contribution is -2.50. The van der Waals surface area contributed by atoms with E-state index in [2.05, 4.69) is 49.9 Å². The molecule has 1 aliphatic rings. The van der Waals surface area contributed by atoms with Gasteiger partial charge in [-0.2, -0.15) is 0 Å². The van der Waals surface area contributed by atoms with Crippen molar-refractivity contribution in [3.63, 3.8) is 0 Å². The van der Waals surface area contributed by atoms with Gasteiger partial charge in [0.05, 0.1) is 0 Å². The van der Waals surface area contributed by atoms with Crippen LogP contribution < -0.4 is 5.73 Å². The average molecular weight is 260 g/mol. The van der Waals surface area contributed by atoms with Gasteiger partial charge < -0.3 is 5.73 Å². The number of fused-ring (bicyclic) bond motifs is 1. The van der Waals surface area contributed by atoms with Crippen LogP contribution in [0.4, 0.5) is 0 Å². The van der Waals surface area contributed by atoms with E-state index in [9.17, 15) is 0 Å². The molecule has 2 heteroatoms. The predicted octanol–water partition coefficient (Wildman–Crippen LogP) is 3.17. The molecule has 106 valence electrons. The first kappa shape index (κ1) is 14.5. The van der Waals surface area contributed by atoms with Crippen LogP contribution in [0.5, 0.6) is 0 Å². The summed E-state index contributed by atoms with van der Waals surface area (Å²) in [4.78, 5) is 2.54. The third-order valence-electron chi connectivity index (χ3n) is 4.67. The Kier molecular flexibility index (Phi) is 4.64. The molecular formula is C17H28N2. The van der Waals surface area contributed by atoms with Crippen LogP contribution in [0.1, 0.15) is 50.7 Å². The molecule has 0 aromatic heterocycles. The number of benzene rings is 1. The van der Waals surface area contributed by atoms with E-state index in [0.717, 1.165) is 19.6 Å². The Morgan fingerprint density at radius 3 is 2.74 bits per heavy atom. The Morgan fingerprint density at radius 2 is 2.05 bits per heavy atom. The van der Waals surface area contributed by atoms with Crippen molar-refractivity contribution in [3.05, 3.63) is 35.4 Å². The van der Waals surface area contributed by atoms with Crippen molar-refractivity contribution >= 4 is 0 Å². The molecule has 1 unspecified atom stereocenters. The van der Waals surface area contributed by atoms with Crippen molar-refractivity contribution in [3.8, 4) is 0 Å². The zero-order valence-electron chi connectivity index (χ0n) is 12.7. The number of nitrogens with two attached hydrogens (primary N) is 1. The minimum Gasteiger partial charge on any atom is -0.329 e. The molecule has 0 bridgehead atoms. The summed E-state index contributed by atoms with van der Waals surface area (Å²) in [7, 11) is 0. The molecule has 0 heterocycles. The van der Waals surface area contributed by atoms with Crippen LogP contribution >= 0.6 is 0 Å². The molecule has 2 rings (SSSR count). The summed E-state index contributed by atoms with van der Waals surface area (Å²) in [6.07, 6.45) is 3.88. The Balaban J connectivity index is 2.15. The van der Waals surface area contributed by atoms with E-state index in [-0.39, 0.29) is 5.54 Å². The van der Waals surface area contributed by atoms with Crippen molar-refractivity contribution in [2.45, 2.75) is 51.5 Å². The van der Waals surface area contributed by atoms with Gasteiger partial charge >= 0.3 is 0 Å². The summed E-state index contributed by atoms with van der Waals surface area (Å²) < 4.78 is 0. The van der Waals surface area contributed by atoms with E-state index in [1.807, 2.05) is 0 Å². The topological polar surface area (TPSA) is 29.3 Å². The average Bonchev–Trinajstić information content (AvgIpc) is 2.44. The number of hydrogen-bond donors (Lipinski definition) is 1. The monoisotopic (exact) mass is 260 g/mol. The van der Waals surface area contributed by atoms with Crippen molar-refractivity contribution in [1.29, 1.82) is 0 Å². The Bertz CT molecular complexity index is 411. The van der Waals surface area contributed by atoms with Gasteiger partial charge in [0.15, 0.2) is 0 Å². The summed E-state index contributed by atoms with van der Waals surface area (Å²) >= 11 is 0. The smallest absolute Gasteiger partial charge is 0.0275 e. The largest absolute Gasteiger partial charge is 0.329 e. The molecule has 1 aromatic rings. The SMILES string of the molecule is CCN(CC1CCCc2ccccc21)C(C)(C)CN. The molecule has 19 heavy (non-hydrogen) atoms. The van der Waals surface area contributed by atoms with E-state index in [1.165, 1.54) is 19.3 Å². The van der Waals surface area contributed by atoms with E-state index < -0.39 is 0 Å². The normalized spacial score (nSPS) is 19.5. The molecule has 0 amide bonds.